The zero-order valence-electron chi connectivity index (χ0n) is 9.67. The molecule has 2 aromatic heterocycles. The highest BCUT2D eigenvalue weighted by atomic mass is 79.9. The second kappa shape index (κ2) is 5.11. The Bertz CT molecular complexity index is 540. The van der Waals surface area contributed by atoms with Gasteiger partial charge in [0.2, 0.25) is 11.7 Å². The van der Waals surface area contributed by atoms with E-state index in [1.807, 2.05) is 11.4 Å². The molecule has 4 nitrogen and oxygen atoms in total. The number of aliphatic hydroxyl groups excluding tert-OH is 1. The van der Waals surface area contributed by atoms with Gasteiger partial charge in [-0.25, -0.2) is 0 Å². The first-order chi connectivity index (χ1) is 8.74. The van der Waals surface area contributed by atoms with Crippen LogP contribution in [0.3, 0.4) is 0 Å². The second-order valence-corrected chi connectivity index (χ2v) is 6.37. The van der Waals surface area contributed by atoms with E-state index in [-0.39, 0.29) is 12.0 Å². The molecule has 2 unspecified atom stereocenters. The fourth-order valence-electron chi connectivity index (χ4n) is 2.32. The average Bonchev–Trinajstić information content (AvgIpc) is 2.98. The largest absolute Gasteiger partial charge is 0.392 e. The number of nitrogens with zero attached hydrogens (tertiary/aromatic N) is 2. The lowest BCUT2D eigenvalue weighted by Gasteiger charge is -2.24. The first-order valence-corrected chi connectivity index (χ1v) is 7.67. The van der Waals surface area contributed by atoms with Gasteiger partial charge in [0.15, 0.2) is 0 Å². The molecule has 1 saturated carbocycles. The number of hydrogen-bond acceptors (Lipinski definition) is 5. The van der Waals surface area contributed by atoms with Gasteiger partial charge in [-0.3, -0.25) is 0 Å². The van der Waals surface area contributed by atoms with Crippen molar-refractivity contribution >= 4 is 27.3 Å². The van der Waals surface area contributed by atoms with Gasteiger partial charge < -0.3 is 9.63 Å². The molecular formula is C12H13BrN2O2S. The molecule has 6 heteroatoms. The van der Waals surface area contributed by atoms with Crippen LogP contribution in [0.15, 0.2) is 20.4 Å². The van der Waals surface area contributed by atoms with Crippen LogP contribution in [0.2, 0.25) is 0 Å². The van der Waals surface area contributed by atoms with Crippen molar-refractivity contribution < 1.29 is 9.63 Å². The lowest BCUT2D eigenvalue weighted by Crippen LogP contribution is -2.22. The fourth-order valence-corrected chi connectivity index (χ4v) is 3.67. The molecule has 0 amide bonds. The number of thiophene rings is 1. The molecule has 0 saturated heterocycles. The summed E-state index contributed by atoms with van der Waals surface area (Å²) >= 11 is 4.98. The van der Waals surface area contributed by atoms with Gasteiger partial charge in [0.25, 0.3) is 0 Å². The molecule has 18 heavy (non-hydrogen) atoms. The van der Waals surface area contributed by atoms with Crippen molar-refractivity contribution in [3.63, 3.8) is 0 Å². The molecule has 0 aromatic carbocycles. The lowest BCUT2D eigenvalue weighted by atomic mass is 9.86. The molecule has 1 aliphatic carbocycles. The predicted molar refractivity (Wildman–Crippen MR) is 72.5 cm³/mol. The summed E-state index contributed by atoms with van der Waals surface area (Å²) in [6, 6.07) is 1.97. The lowest BCUT2D eigenvalue weighted by molar-refractivity contribution is 0.0908. The van der Waals surface area contributed by atoms with Crippen LogP contribution in [0.4, 0.5) is 0 Å². The highest BCUT2D eigenvalue weighted by Crippen LogP contribution is 2.34. The molecular weight excluding hydrogens is 316 g/mol. The quantitative estimate of drug-likeness (QED) is 0.915. The highest BCUT2D eigenvalue weighted by Gasteiger charge is 2.29. The SMILES string of the molecule is OC1CCCCC1c1nc(-c2cc(Br)cs2)no1. The Morgan fingerprint density at radius 1 is 1.39 bits per heavy atom. The minimum Gasteiger partial charge on any atom is -0.392 e. The first-order valence-electron chi connectivity index (χ1n) is 6.00. The Labute approximate surface area is 117 Å². The van der Waals surface area contributed by atoms with Crippen molar-refractivity contribution in [2.75, 3.05) is 0 Å². The third kappa shape index (κ3) is 2.37. The third-order valence-electron chi connectivity index (χ3n) is 3.28. The molecule has 96 valence electrons. The van der Waals surface area contributed by atoms with Crippen molar-refractivity contribution in [3.05, 3.63) is 21.8 Å². The molecule has 3 rings (SSSR count). The Kier molecular flexibility index (Phi) is 3.50. The van der Waals surface area contributed by atoms with Gasteiger partial charge in [0.05, 0.1) is 16.9 Å². The molecule has 2 heterocycles. The predicted octanol–water partition coefficient (Wildman–Crippen LogP) is 3.58. The normalized spacial score (nSPS) is 24.3. The van der Waals surface area contributed by atoms with Crippen LogP contribution in [-0.2, 0) is 0 Å². The number of hydrogen-bond donors (Lipinski definition) is 1. The Morgan fingerprint density at radius 2 is 2.22 bits per heavy atom. The van der Waals surface area contributed by atoms with Crippen LogP contribution < -0.4 is 0 Å². The fraction of sp³-hybridized carbons (Fsp3) is 0.500. The van der Waals surface area contributed by atoms with E-state index in [4.69, 9.17) is 4.52 Å². The summed E-state index contributed by atoms with van der Waals surface area (Å²) in [5.41, 5.74) is 0. The van der Waals surface area contributed by atoms with Crippen molar-refractivity contribution in [1.29, 1.82) is 0 Å². The van der Waals surface area contributed by atoms with Crippen molar-refractivity contribution in [2.45, 2.75) is 37.7 Å². The van der Waals surface area contributed by atoms with Crippen molar-refractivity contribution in [1.82, 2.24) is 10.1 Å². The monoisotopic (exact) mass is 328 g/mol. The summed E-state index contributed by atoms with van der Waals surface area (Å²) in [5, 5.41) is 16.0. The van der Waals surface area contributed by atoms with Gasteiger partial charge in [-0.1, -0.05) is 18.0 Å². The Morgan fingerprint density at radius 3 is 2.94 bits per heavy atom. The van der Waals surface area contributed by atoms with Crippen LogP contribution in [0.25, 0.3) is 10.7 Å². The van der Waals surface area contributed by atoms with Crippen LogP contribution in [0, 0.1) is 0 Å². The van der Waals surface area contributed by atoms with Gasteiger partial charge >= 0.3 is 0 Å². The first kappa shape index (κ1) is 12.3. The third-order valence-corrected chi connectivity index (χ3v) is 4.96. The number of aromatic nitrogens is 2. The van der Waals surface area contributed by atoms with Crippen LogP contribution >= 0.6 is 27.3 Å². The van der Waals surface area contributed by atoms with E-state index in [1.165, 1.54) is 0 Å². The van der Waals surface area contributed by atoms with E-state index < -0.39 is 0 Å². The molecule has 2 aromatic rings. The summed E-state index contributed by atoms with van der Waals surface area (Å²) in [4.78, 5) is 5.39. The van der Waals surface area contributed by atoms with Crippen LogP contribution in [-0.4, -0.2) is 21.4 Å². The zero-order valence-corrected chi connectivity index (χ0v) is 12.1. The minimum atomic E-state index is -0.345. The van der Waals surface area contributed by atoms with Gasteiger partial charge in [0, 0.05) is 9.85 Å². The Balaban J connectivity index is 1.84. The van der Waals surface area contributed by atoms with Crippen LogP contribution in [0.5, 0.6) is 0 Å². The van der Waals surface area contributed by atoms with Gasteiger partial charge in [-0.05, 0) is 34.8 Å². The summed E-state index contributed by atoms with van der Waals surface area (Å²) in [6.45, 7) is 0. The smallest absolute Gasteiger partial charge is 0.232 e. The average molecular weight is 329 g/mol. The summed E-state index contributed by atoms with van der Waals surface area (Å²) in [6.07, 6.45) is 3.60. The van der Waals surface area contributed by atoms with E-state index in [9.17, 15) is 5.11 Å². The Hall–Kier alpha value is -0.720. The summed E-state index contributed by atoms with van der Waals surface area (Å²) in [5.74, 6) is 1.18. The number of rotatable bonds is 2. The molecule has 0 radical (unpaired) electrons. The molecule has 0 bridgehead atoms. The highest BCUT2D eigenvalue weighted by molar-refractivity contribution is 9.10. The minimum absolute atomic E-state index is 0.00315. The molecule has 0 spiro atoms. The maximum atomic E-state index is 9.97. The molecule has 1 fully saturated rings. The topological polar surface area (TPSA) is 59.2 Å². The second-order valence-electron chi connectivity index (χ2n) is 4.54. The van der Waals surface area contributed by atoms with E-state index in [1.54, 1.807) is 11.3 Å². The van der Waals surface area contributed by atoms with E-state index in [2.05, 4.69) is 26.1 Å². The molecule has 0 aliphatic heterocycles. The van der Waals surface area contributed by atoms with E-state index in [0.717, 1.165) is 35.0 Å². The van der Waals surface area contributed by atoms with Crippen molar-refractivity contribution in [3.8, 4) is 10.7 Å². The maximum Gasteiger partial charge on any atom is 0.232 e. The molecule has 1 aliphatic rings. The van der Waals surface area contributed by atoms with Crippen LogP contribution in [0.1, 0.15) is 37.5 Å². The van der Waals surface area contributed by atoms with E-state index >= 15 is 0 Å². The van der Waals surface area contributed by atoms with Gasteiger partial charge in [-0.15, -0.1) is 11.3 Å². The molecule has 1 N–H and O–H groups in total. The number of aliphatic hydroxyl groups is 1. The van der Waals surface area contributed by atoms with Crippen molar-refractivity contribution in [2.24, 2.45) is 0 Å². The standard InChI is InChI=1S/C12H13BrN2O2S/c13-7-5-10(18-6-7)11-14-12(17-15-11)8-3-1-2-4-9(8)16/h5-6,8-9,16H,1-4H2. The van der Waals surface area contributed by atoms with Gasteiger partial charge in [0.1, 0.15) is 0 Å². The van der Waals surface area contributed by atoms with Gasteiger partial charge in [-0.2, -0.15) is 4.98 Å². The number of halogens is 1. The maximum absolute atomic E-state index is 9.97. The van der Waals surface area contributed by atoms with E-state index in [0.29, 0.717) is 11.7 Å². The molecule has 2 atom stereocenters. The summed E-state index contributed by atoms with van der Waals surface area (Å²) < 4.78 is 6.33. The zero-order chi connectivity index (χ0) is 12.5. The summed E-state index contributed by atoms with van der Waals surface area (Å²) in [7, 11) is 0.